The molecule has 0 N–H and O–H groups in total. The first-order valence-corrected chi connectivity index (χ1v) is 3.23. The Bertz CT molecular complexity index is 353. The Hall–Kier alpha value is -1.87. The van der Waals surface area contributed by atoms with Gasteiger partial charge in [-0.05, 0) is 30.2 Å². The zero-order valence-electron chi connectivity index (χ0n) is 6.24. The first-order chi connectivity index (χ1) is 5.86. The highest BCUT2D eigenvalue weighted by Gasteiger charge is 1.88. The molecular weight excluding hydrogens is 149 g/mol. The topological polar surface area (TPSA) is 33.0 Å². The van der Waals surface area contributed by atoms with E-state index in [1.807, 2.05) is 6.07 Å². The van der Waals surface area contributed by atoms with E-state index < -0.39 is 0 Å². The Kier molecular flexibility index (Phi) is 2.82. The third kappa shape index (κ3) is 2.07. The van der Waals surface area contributed by atoms with E-state index in [0.717, 1.165) is 5.56 Å². The van der Waals surface area contributed by atoms with Gasteiger partial charge in [0.15, 0.2) is 0 Å². The summed E-state index contributed by atoms with van der Waals surface area (Å²) in [6.45, 7) is 0. The van der Waals surface area contributed by atoms with Gasteiger partial charge in [0.2, 0.25) is 0 Å². The summed E-state index contributed by atoms with van der Waals surface area (Å²) in [5.41, 5.74) is 1.37. The summed E-state index contributed by atoms with van der Waals surface area (Å²) in [4.78, 5) is 0. The van der Waals surface area contributed by atoms with Crippen molar-refractivity contribution >= 4 is 8.05 Å². The second kappa shape index (κ2) is 4.11. The van der Waals surface area contributed by atoms with Gasteiger partial charge < -0.3 is 4.65 Å². The van der Waals surface area contributed by atoms with Gasteiger partial charge >= 0.3 is 8.05 Å². The quantitative estimate of drug-likeness (QED) is 0.410. The predicted molar refractivity (Wildman–Crippen MR) is 44.9 cm³/mol. The molecule has 0 aliphatic carbocycles. The predicted octanol–water partition coefficient (Wildman–Crippen LogP) is 0.967. The van der Waals surface area contributed by atoms with Gasteiger partial charge in [-0.15, -0.1) is 0 Å². The molecule has 1 rings (SSSR count). The summed E-state index contributed by atoms with van der Waals surface area (Å²) in [5, 5.41) is 8.47. The van der Waals surface area contributed by atoms with Crippen LogP contribution in [0.3, 0.4) is 0 Å². The lowest BCUT2D eigenvalue weighted by atomic mass is 10.2. The van der Waals surface area contributed by atoms with Crippen LogP contribution in [0.25, 0.3) is 0 Å². The lowest BCUT2D eigenvalue weighted by Crippen LogP contribution is -1.77. The molecule has 0 fully saturated rings. The van der Waals surface area contributed by atoms with Crippen molar-refractivity contribution in [3.05, 3.63) is 35.4 Å². The number of hydrogen-bond acceptors (Lipinski definition) is 2. The van der Waals surface area contributed by atoms with E-state index in [2.05, 4.69) is 16.7 Å². The van der Waals surface area contributed by atoms with Crippen molar-refractivity contribution in [3.63, 3.8) is 0 Å². The maximum Gasteiger partial charge on any atom is 0.392 e. The summed E-state index contributed by atoms with van der Waals surface area (Å²) < 4.78 is 4.08. The molecule has 0 aliphatic rings. The number of benzene rings is 1. The third-order valence-corrected chi connectivity index (χ3v) is 1.27. The Morgan fingerprint density at radius 3 is 2.25 bits per heavy atom. The number of hydrogen-bond donors (Lipinski definition) is 0. The van der Waals surface area contributed by atoms with E-state index in [4.69, 9.17) is 13.3 Å². The first kappa shape index (κ1) is 8.23. The van der Waals surface area contributed by atoms with E-state index in [1.54, 1.807) is 24.3 Å². The van der Waals surface area contributed by atoms with E-state index in [-0.39, 0.29) is 0 Å². The Morgan fingerprint density at radius 2 is 1.75 bits per heavy atom. The average Bonchev–Trinajstić information content (AvgIpc) is 2.15. The highest BCUT2D eigenvalue weighted by atomic mass is 16.4. The van der Waals surface area contributed by atoms with Crippen LogP contribution < -0.4 is 0 Å². The van der Waals surface area contributed by atoms with Gasteiger partial charge in [0.1, 0.15) is 0 Å². The Labute approximate surface area is 72.2 Å². The lowest BCUT2D eigenvalue weighted by Gasteiger charge is -1.88. The maximum atomic E-state index is 8.47. The fourth-order valence-corrected chi connectivity index (χ4v) is 0.716. The zero-order chi connectivity index (χ0) is 8.81. The minimum atomic E-state index is 0.606. The van der Waals surface area contributed by atoms with Crippen LogP contribution in [-0.4, -0.2) is 8.05 Å². The highest BCUT2D eigenvalue weighted by molar-refractivity contribution is 5.98. The van der Waals surface area contributed by atoms with Gasteiger partial charge in [0, 0.05) is 5.56 Å². The first-order valence-electron chi connectivity index (χ1n) is 3.23. The number of rotatable bonds is 0. The average molecular weight is 153 g/mol. The molecule has 1 aromatic carbocycles. The minimum absolute atomic E-state index is 0.606. The van der Waals surface area contributed by atoms with Crippen LogP contribution >= 0.6 is 0 Å². The van der Waals surface area contributed by atoms with Crippen molar-refractivity contribution in [2.45, 2.75) is 0 Å². The van der Waals surface area contributed by atoms with Gasteiger partial charge in [-0.3, -0.25) is 0 Å². The summed E-state index contributed by atoms with van der Waals surface area (Å²) in [5.74, 6) is 2.64. The molecule has 0 unspecified atom stereocenters. The summed E-state index contributed by atoms with van der Waals surface area (Å²) in [7, 11) is 4.71. The van der Waals surface area contributed by atoms with E-state index in [1.165, 1.54) is 0 Å². The standard InChI is InChI=1S/C9H4BNO/c10-12-6-5-8-1-3-9(7-11)4-2-8/h1-4H. The maximum absolute atomic E-state index is 8.47. The van der Waals surface area contributed by atoms with Gasteiger partial charge in [0.05, 0.1) is 17.7 Å². The molecule has 0 saturated heterocycles. The van der Waals surface area contributed by atoms with Crippen molar-refractivity contribution in [1.82, 2.24) is 0 Å². The van der Waals surface area contributed by atoms with Gasteiger partial charge in [-0.1, -0.05) is 0 Å². The van der Waals surface area contributed by atoms with Gasteiger partial charge in [0.25, 0.3) is 0 Å². The molecule has 0 amide bonds. The SMILES string of the molecule is [B]OC#Cc1ccc(C#N)cc1. The van der Waals surface area contributed by atoms with E-state index in [0.29, 0.717) is 5.56 Å². The molecule has 0 bridgehead atoms. The van der Waals surface area contributed by atoms with Crippen molar-refractivity contribution in [3.8, 4) is 18.1 Å². The molecule has 2 nitrogen and oxygen atoms in total. The largest absolute Gasteiger partial charge is 0.526 e. The molecule has 3 heteroatoms. The molecule has 54 valence electrons. The number of nitrogens with zero attached hydrogens (tertiary/aromatic N) is 1. The smallest absolute Gasteiger partial charge is 0.392 e. The molecular formula is C9H4BNO. The Morgan fingerprint density at radius 1 is 1.17 bits per heavy atom. The van der Waals surface area contributed by atoms with Crippen LogP contribution in [0, 0.1) is 23.4 Å². The Balaban J connectivity index is 2.87. The lowest BCUT2D eigenvalue weighted by molar-refractivity contribution is 0.579. The summed E-state index contributed by atoms with van der Waals surface area (Å²) in [6, 6.07) is 8.82. The second-order valence-corrected chi connectivity index (χ2v) is 2.03. The fourth-order valence-electron chi connectivity index (χ4n) is 0.716. The molecule has 0 spiro atoms. The van der Waals surface area contributed by atoms with Gasteiger partial charge in [-0.25, -0.2) is 0 Å². The molecule has 0 aromatic heterocycles. The van der Waals surface area contributed by atoms with Crippen LogP contribution in [0.15, 0.2) is 24.3 Å². The highest BCUT2D eigenvalue weighted by Crippen LogP contribution is 2.00. The molecule has 2 radical (unpaired) electrons. The molecule has 0 saturated carbocycles. The third-order valence-electron chi connectivity index (χ3n) is 1.27. The molecule has 1 aromatic rings. The van der Waals surface area contributed by atoms with Crippen LogP contribution in [0.5, 0.6) is 0 Å². The molecule has 0 aliphatic heterocycles. The summed E-state index contributed by atoms with van der Waals surface area (Å²) in [6.07, 6.45) is 2.25. The number of nitriles is 1. The minimum Gasteiger partial charge on any atom is -0.526 e. The zero-order valence-corrected chi connectivity index (χ0v) is 6.24. The normalized spacial score (nSPS) is 7.58. The van der Waals surface area contributed by atoms with Crippen LogP contribution in [0.2, 0.25) is 0 Å². The monoisotopic (exact) mass is 153 g/mol. The molecule has 0 heterocycles. The van der Waals surface area contributed by atoms with Crippen molar-refractivity contribution in [2.24, 2.45) is 0 Å². The van der Waals surface area contributed by atoms with E-state index in [9.17, 15) is 0 Å². The van der Waals surface area contributed by atoms with Crippen LogP contribution in [0.1, 0.15) is 11.1 Å². The van der Waals surface area contributed by atoms with Gasteiger partial charge in [-0.2, -0.15) is 5.26 Å². The van der Waals surface area contributed by atoms with Crippen molar-refractivity contribution in [1.29, 1.82) is 5.26 Å². The summed E-state index contributed by atoms with van der Waals surface area (Å²) >= 11 is 0. The van der Waals surface area contributed by atoms with Crippen molar-refractivity contribution < 1.29 is 4.65 Å². The molecule has 0 atom stereocenters. The van der Waals surface area contributed by atoms with Crippen LogP contribution in [0.4, 0.5) is 0 Å². The van der Waals surface area contributed by atoms with Crippen LogP contribution in [-0.2, 0) is 4.65 Å². The second-order valence-electron chi connectivity index (χ2n) is 2.03. The van der Waals surface area contributed by atoms with Crippen molar-refractivity contribution in [2.75, 3.05) is 0 Å². The van der Waals surface area contributed by atoms with E-state index >= 15 is 0 Å². The fraction of sp³-hybridized carbons (Fsp3) is 0. The molecule has 12 heavy (non-hydrogen) atoms.